The molecular formula is C15H20FN3O4. The Morgan fingerprint density at radius 2 is 1.87 bits per heavy atom. The minimum absolute atomic E-state index is 0.133. The molecule has 1 aliphatic heterocycles. The second kappa shape index (κ2) is 6.49. The van der Waals surface area contributed by atoms with Gasteiger partial charge in [-0.15, -0.1) is 5.06 Å². The van der Waals surface area contributed by atoms with Gasteiger partial charge in [0.15, 0.2) is 0 Å². The topological polar surface area (TPSA) is 75.9 Å². The summed E-state index contributed by atoms with van der Waals surface area (Å²) in [7, 11) is 0. The maximum atomic E-state index is 13.4. The normalized spacial score (nSPS) is 16.3. The Hall–Kier alpha value is -2.22. The molecule has 0 atom stereocenters. The second-order valence-corrected chi connectivity index (χ2v) is 6.43. The summed E-state index contributed by atoms with van der Waals surface area (Å²) in [6, 6.07) is 3.40. The predicted octanol–water partition coefficient (Wildman–Crippen LogP) is 2.36. The molecule has 2 rings (SSSR count). The summed E-state index contributed by atoms with van der Waals surface area (Å²) in [5.74, 6) is -0.852. The molecule has 126 valence electrons. The maximum Gasteiger partial charge on any atom is 0.330 e. The van der Waals surface area contributed by atoms with Gasteiger partial charge in [-0.3, -0.25) is 10.1 Å². The Bertz CT molecular complexity index is 607. The highest BCUT2D eigenvalue weighted by molar-refractivity contribution is 5.75. The van der Waals surface area contributed by atoms with E-state index in [2.05, 4.69) is 0 Å². The molecule has 0 N–H and O–H groups in total. The van der Waals surface area contributed by atoms with E-state index in [0.717, 1.165) is 18.2 Å². The minimum atomic E-state index is -0.599. The summed E-state index contributed by atoms with van der Waals surface area (Å²) < 4.78 is 13.4. The quantitative estimate of drug-likeness (QED) is 0.627. The lowest BCUT2D eigenvalue weighted by molar-refractivity contribution is -0.384. The molecule has 0 amide bonds. The first-order valence-corrected chi connectivity index (χ1v) is 7.35. The standard InChI is InChI=1S/C15H20FN3O4/c1-15(2,3)14(20)23-18-8-6-17(7-9-18)13-10-11(16)4-5-12(13)19(21)22/h4-5,10H,6-9H2,1-3H3. The van der Waals surface area contributed by atoms with E-state index < -0.39 is 16.2 Å². The SMILES string of the molecule is CC(C)(C)C(=O)ON1CCN(c2cc(F)ccc2[N+](=O)[O-])CC1. The number of hydrogen-bond donors (Lipinski definition) is 0. The minimum Gasteiger partial charge on any atom is -0.367 e. The van der Waals surface area contributed by atoms with Crippen LogP contribution in [0.5, 0.6) is 0 Å². The fraction of sp³-hybridized carbons (Fsp3) is 0.533. The summed E-state index contributed by atoms with van der Waals surface area (Å²) in [5, 5.41) is 12.6. The van der Waals surface area contributed by atoms with Gasteiger partial charge in [-0.2, -0.15) is 0 Å². The Balaban J connectivity index is 2.04. The van der Waals surface area contributed by atoms with Crippen LogP contribution in [-0.4, -0.2) is 42.1 Å². The van der Waals surface area contributed by atoms with Crippen molar-refractivity contribution in [2.24, 2.45) is 5.41 Å². The number of hydrogen-bond acceptors (Lipinski definition) is 6. The molecule has 0 radical (unpaired) electrons. The molecule has 0 saturated carbocycles. The first-order valence-electron chi connectivity index (χ1n) is 7.35. The van der Waals surface area contributed by atoms with E-state index >= 15 is 0 Å². The van der Waals surface area contributed by atoms with Gasteiger partial charge in [0.2, 0.25) is 0 Å². The molecule has 1 fully saturated rings. The first-order chi connectivity index (χ1) is 10.7. The van der Waals surface area contributed by atoms with Crippen LogP contribution < -0.4 is 4.90 Å². The molecule has 0 bridgehead atoms. The number of carbonyl (C=O) groups excluding carboxylic acids is 1. The molecule has 1 aliphatic rings. The van der Waals surface area contributed by atoms with E-state index in [1.165, 1.54) is 5.06 Å². The van der Waals surface area contributed by atoms with Gasteiger partial charge in [-0.25, -0.2) is 9.18 Å². The van der Waals surface area contributed by atoms with Crippen molar-refractivity contribution in [3.8, 4) is 0 Å². The zero-order chi connectivity index (χ0) is 17.2. The lowest BCUT2D eigenvalue weighted by atomic mass is 9.98. The van der Waals surface area contributed by atoms with Crippen molar-refractivity contribution < 1.29 is 18.9 Å². The van der Waals surface area contributed by atoms with Crippen molar-refractivity contribution in [1.82, 2.24) is 5.06 Å². The Morgan fingerprint density at radius 1 is 1.26 bits per heavy atom. The molecule has 0 aromatic heterocycles. The van der Waals surface area contributed by atoms with Gasteiger partial charge in [-0.05, 0) is 26.8 Å². The Kier molecular flexibility index (Phi) is 4.84. The number of piperazine rings is 1. The van der Waals surface area contributed by atoms with Crippen molar-refractivity contribution in [3.63, 3.8) is 0 Å². The number of hydroxylamine groups is 2. The van der Waals surface area contributed by atoms with Gasteiger partial charge >= 0.3 is 5.97 Å². The van der Waals surface area contributed by atoms with Gasteiger partial charge in [0.1, 0.15) is 11.5 Å². The molecule has 7 nitrogen and oxygen atoms in total. The highest BCUT2D eigenvalue weighted by atomic mass is 19.1. The van der Waals surface area contributed by atoms with E-state index in [1.54, 1.807) is 25.7 Å². The average molecular weight is 325 g/mol. The monoisotopic (exact) mass is 325 g/mol. The average Bonchev–Trinajstić information content (AvgIpc) is 2.46. The van der Waals surface area contributed by atoms with E-state index in [-0.39, 0.29) is 17.3 Å². The molecule has 1 heterocycles. The summed E-state index contributed by atoms with van der Waals surface area (Å²) in [6.45, 7) is 6.90. The first kappa shape index (κ1) is 17.1. The lowest BCUT2D eigenvalue weighted by Crippen LogP contribution is -2.48. The van der Waals surface area contributed by atoms with Crippen molar-refractivity contribution in [2.75, 3.05) is 31.1 Å². The highest BCUT2D eigenvalue weighted by Crippen LogP contribution is 2.29. The fourth-order valence-corrected chi connectivity index (χ4v) is 2.18. The van der Waals surface area contributed by atoms with Gasteiger partial charge < -0.3 is 9.74 Å². The van der Waals surface area contributed by atoms with E-state index in [9.17, 15) is 19.3 Å². The van der Waals surface area contributed by atoms with Crippen LogP contribution in [-0.2, 0) is 9.63 Å². The van der Waals surface area contributed by atoms with Gasteiger partial charge in [-0.1, -0.05) is 0 Å². The van der Waals surface area contributed by atoms with Crippen molar-refractivity contribution in [3.05, 3.63) is 34.1 Å². The summed E-state index contributed by atoms with van der Waals surface area (Å²) in [5.41, 5.74) is -0.485. The van der Waals surface area contributed by atoms with Gasteiger partial charge in [0, 0.05) is 25.2 Å². The third kappa shape index (κ3) is 4.16. The summed E-state index contributed by atoms with van der Waals surface area (Å²) in [4.78, 5) is 29.4. The van der Waals surface area contributed by atoms with E-state index in [1.807, 2.05) is 0 Å². The zero-order valence-corrected chi connectivity index (χ0v) is 13.4. The number of carbonyl (C=O) groups is 1. The zero-order valence-electron chi connectivity index (χ0n) is 13.4. The smallest absolute Gasteiger partial charge is 0.330 e. The molecule has 0 unspecified atom stereocenters. The van der Waals surface area contributed by atoms with E-state index in [0.29, 0.717) is 26.2 Å². The van der Waals surface area contributed by atoms with Crippen LogP contribution in [0.2, 0.25) is 0 Å². The van der Waals surface area contributed by atoms with Crippen LogP contribution in [0.4, 0.5) is 15.8 Å². The highest BCUT2D eigenvalue weighted by Gasteiger charge is 2.29. The Morgan fingerprint density at radius 3 is 2.39 bits per heavy atom. The van der Waals surface area contributed by atoms with Gasteiger partial charge in [0.05, 0.1) is 23.4 Å². The number of nitro groups is 1. The van der Waals surface area contributed by atoms with Crippen molar-refractivity contribution >= 4 is 17.3 Å². The third-order valence-corrected chi connectivity index (χ3v) is 3.54. The van der Waals surface area contributed by atoms with Crippen molar-refractivity contribution in [1.29, 1.82) is 0 Å². The largest absolute Gasteiger partial charge is 0.367 e. The van der Waals surface area contributed by atoms with Crippen LogP contribution in [0.15, 0.2) is 18.2 Å². The second-order valence-electron chi connectivity index (χ2n) is 6.43. The van der Waals surface area contributed by atoms with Crippen LogP contribution in [0.1, 0.15) is 20.8 Å². The summed E-state index contributed by atoms with van der Waals surface area (Å²) >= 11 is 0. The van der Waals surface area contributed by atoms with Crippen LogP contribution >= 0.6 is 0 Å². The van der Waals surface area contributed by atoms with Gasteiger partial charge in [0.25, 0.3) is 5.69 Å². The number of nitro benzene ring substituents is 1. The number of halogens is 1. The fourth-order valence-electron chi connectivity index (χ4n) is 2.18. The molecule has 23 heavy (non-hydrogen) atoms. The third-order valence-electron chi connectivity index (χ3n) is 3.54. The van der Waals surface area contributed by atoms with E-state index in [4.69, 9.17) is 4.84 Å². The molecule has 1 aromatic rings. The van der Waals surface area contributed by atoms with Crippen LogP contribution in [0.3, 0.4) is 0 Å². The molecule has 0 aliphatic carbocycles. The lowest BCUT2D eigenvalue weighted by Gasteiger charge is -2.35. The van der Waals surface area contributed by atoms with Crippen molar-refractivity contribution in [2.45, 2.75) is 20.8 Å². The molecule has 0 spiro atoms. The number of nitrogens with zero attached hydrogens (tertiary/aromatic N) is 3. The number of anilines is 1. The molecule has 8 heteroatoms. The maximum absolute atomic E-state index is 13.4. The predicted molar refractivity (Wildman–Crippen MR) is 82.4 cm³/mol. The molecular weight excluding hydrogens is 305 g/mol. The summed E-state index contributed by atoms with van der Waals surface area (Å²) in [6.07, 6.45) is 0. The molecule has 1 saturated heterocycles. The van der Waals surface area contributed by atoms with Crippen LogP contribution in [0, 0.1) is 21.3 Å². The Labute approximate surface area is 133 Å². The number of benzene rings is 1. The van der Waals surface area contributed by atoms with Crippen LogP contribution in [0.25, 0.3) is 0 Å². The molecule has 1 aromatic carbocycles. The number of rotatable bonds is 3.